The molecule has 118 valence electrons. The van der Waals surface area contributed by atoms with Gasteiger partial charge < -0.3 is 19.2 Å². The molecular weight excluding hydrogens is 272 g/mol. The van der Waals surface area contributed by atoms with E-state index in [0.717, 1.165) is 18.8 Å². The van der Waals surface area contributed by atoms with Crippen LogP contribution in [0.1, 0.15) is 23.2 Å². The zero-order valence-corrected chi connectivity index (χ0v) is 12.7. The topological polar surface area (TPSA) is 66.2 Å². The van der Waals surface area contributed by atoms with E-state index in [9.17, 15) is 9.90 Å². The fourth-order valence-electron chi connectivity index (χ4n) is 2.44. The van der Waals surface area contributed by atoms with E-state index in [1.165, 1.54) is 0 Å². The lowest BCUT2D eigenvalue weighted by Gasteiger charge is -2.35. The van der Waals surface area contributed by atoms with Gasteiger partial charge in [0, 0.05) is 39.3 Å². The van der Waals surface area contributed by atoms with Gasteiger partial charge in [-0.05, 0) is 26.0 Å². The summed E-state index contributed by atoms with van der Waals surface area (Å²) in [5, 5.41) is 9.83. The van der Waals surface area contributed by atoms with Gasteiger partial charge in [-0.3, -0.25) is 9.69 Å². The lowest BCUT2D eigenvalue weighted by atomic mass is 10.2. The highest BCUT2D eigenvalue weighted by atomic mass is 16.5. The van der Waals surface area contributed by atoms with Crippen LogP contribution in [0, 0.1) is 6.92 Å². The molecule has 0 bridgehead atoms. The van der Waals surface area contributed by atoms with Gasteiger partial charge in [-0.2, -0.15) is 0 Å². The van der Waals surface area contributed by atoms with Gasteiger partial charge in [0.05, 0.1) is 12.7 Å². The molecule has 1 aliphatic heterocycles. The number of aliphatic hydroxyl groups excluding tert-OH is 1. The third kappa shape index (κ3) is 4.56. The molecule has 0 aromatic carbocycles. The van der Waals surface area contributed by atoms with Gasteiger partial charge in [0.15, 0.2) is 5.76 Å². The van der Waals surface area contributed by atoms with Crippen LogP contribution in [0.3, 0.4) is 0 Å². The van der Waals surface area contributed by atoms with Crippen LogP contribution < -0.4 is 0 Å². The molecule has 1 amide bonds. The number of carbonyl (C=O) groups excluding carboxylic acids is 1. The normalized spacial score (nSPS) is 18.0. The van der Waals surface area contributed by atoms with E-state index in [1.807, 2.05) is 13.8 Å². The van der Waals surface area contributed by atoms with Crippen molar-refractivity contribution in [1.29, 1.82) is 0 Å². The number of nitrogens with zero attached hydrogens (tertiary/aromatic N) is 2. The number of β-amino-alcohol motifs (C(OH)–C–C–N with tert-alkyl or cyclic N) is 1. The monoisotopic (exact) mass is 296 g/mol. The molecule has 1 aromatic rings. The fraction of sp³-hybridized carbons (Fsp3) is 0.667. The van der Waals surface area contributed by atoms with Crippen molar-refractivity contribution >= 4 is 5.91 Å². The third-order valence-electron chi connectivity index (χ3n) is 3.59. The predicted molar refractivity (Wildman–Crippen MR) is 78.3 cm³/mol. The van der Waals surface area contributed by atoms with Crippen molar-refractivity contribution in [2.24, 2.45) is 0 Å². The summed E-state index contributed by atoms with van der Waals surface area (Å²) in [5.41, 5.74) is 0. The molecule has 0 aliphatic carbocycles. The average Bonchev–Trinajstić information content (AvgIpc) is 2.92. The Hall–Kier alpha value is -1.37. The second kappa shape index (κ2) is 7.59. The molecule has 1 atom stereocenters. The number of piperazine rings is 1. The van der Waals surface area contributed by atoms with E-state index < -0.39 is 6.10 Å². The maximum Gasteiger partial charge on any atom is 0.289 e. The highest BCUT2D eigenvalue weighted by Crippen LogP contribution is 2.12. The molecule has 0 saturated carbocycles. The summed E-state index contributed by atoms with van der Waals surface area (Å²) in [4.78, 5) is 16.2. The van der Waals surface area contributed by atoms with Crippen LogP contribution in [0.2, 0.25) is 0 Å². The Morgan fingerprint density at radius 2 is 2.10 bits per heavy atom. The zero-order chi connectivity index (χ0) is 15.2. The zero-order valence-electron chi connectivity index (χ0n) is 12.7. The molecule has 1 N–H and O–H groups in total. The number of ether oxygens (including phenoxy) is 1. The minimum absolute atomic E-state index is 0.0578. The van der Waals surface area contributed by atoms with E-state index in [-0.39, 0.29) is 5.91 Å². The predicted octanol–water partition coefficient (Wildman–Crippen LogP) is 0.743. The first-order chi connectivity index (χ1) is 10.1. The Balaban J connectivity index is 1.76. The number of furan rings is 1. The second-order valence-corrected chi connectivity index (χ2v) is 5.32. The summed E-state index contributed by atoms with van der Waals surface area (Å²) in [6.45, 7) is 8.12. The van der Waals surface area contributed by atoms with Crippen LogP contribution >= 0.6 is 0 Å². The highest BCUT2D eigenvalue weighted by Gasteiger charge is 2.24. The number of hydrogen-bond donors (Lipinski definition) is 1. The van der Waals surface area contributed by atoms with Crippen molar-refractivity contribution < 1.29 is 19.1 Å². The Kier molecular flexibility index (Phi) is 5.78. The molecule has 2 rings (SSSR count). The Bertz CT molecular complexity index is 452. The Labute approximate surface area is 125 Å². The number of aliphatic hydroxyl groups is 1. The van der Waals surface area contributed by atoms with Gasteiger partial charge >= 0.3 is 0 Å². The molecule has 0 radical (unpaired) electrons. The molecule has 0 unspecified atom stereocenters. The highest BCUT2D eigenvalue weighted by molar-refractivity contribution is 5.91. The summed E-state index contributed by atoms with van der Waals surface area (Å²) in [7, 11) is 0. The van der Waals surface area contributed by atoms with Crippen LogP contribution in [-0.4, -0.2) is 72.9 Å². The van der Waals surface area contributed by atoms with Crippen molar-refractivity contribution in [3.8, 4) is 0 Å². The summed E-state index contributed by atoms with van der Waals surface area (Å²) in [5.74, 6) is 1.09. The third-order valence-corrected chi connectivity index (χ3v) is 3.59. The SMILES string of the molecule is CCOC[C@@H](O)CN1CCN(C(=O)c2ccc(C)o2)CC1. The number of amides is 1. The smallest absolute Gasteiger partial charge is 0.289 e. The lowest BCUT2D eigenvalue weighted by Crippen LogP contribution is -2.50. The summed E-state index contributed by atoms with van der Waals surface area (Å²) >= 11 is 0. The van der Waals surface area contributed by atoms with E-state index in [4.69, 9.17) is 9.15 Å². The number of aryl methyl sites for hydroxylation is 1. The summed E-state index contributed by atoms with van der Waals surface area (Å²) < 4.78 is 10.6. The second-order valence-electron chi connectivity index (χ2n) is 5.32. The molecular formula is C15H24N2O4. The number of hydrogen-bond acceptors (Lipinski definition) is 5. The van der Waals surface area contributed by atoms with Crippen molar-refractivity contribution in [1.82, 2.24) is 9.80 Å². The largest absolute Gasteiger partial charge is 0.456 e. The summed E-state index contributed by atoms with van der Waals surface area (Å²) in [6.07, 6.45) is -0.472. The quantitative estimate of drug-likeness (QED) is 0.839. The van der Waals surface area contributed by atoms with Gasteiger partial charge in [0.1, 0.15) is 5.76 Å². The van der Waals surface area contributed by atoms with Crippen LogP contribution in [0.25, 0.3) is 0 Å². The molecule has 0 spiro atoms. The molecule has 21 heavy (non-hydrogen) atoms. The molecule has 6 nitrogen and oxygen atoms in total. The van der Waals surface area contributed by atoms with Gasteiger partial charge in [-0.15, -0.1) is 0 Å². The maximum absolute atomic E-state index is 12.2. The van der Waals surface area contributed by atoms with E-state index in [2.05, 4.69) is 4.90 Å². The van der Waals surface area contributed by atoms with Gasteiger partial charge in [-0.25, -0.2) is 0 Å². The molecule has 2 heterocycles. The Morgan fingerprint density at radius 1 is 1.38 bits per heavy atom. The number of rotatable bonds is 6. The first kappa shape index (κ1) is 16.0. The molecule has 1 aromatic heterocycles. The van der Waals surface area contributed by atoms with E-state index >= 15 is 0 Å². The van der Waals surface area contributed by atoms with Gasteiger partial charge in [0.2, 0.25) is 0 Å². The van der Waals surface area contributed by atoms with Crippen molar-refractivity contribution in [3.05, 3.63) is 23.7 Å². The van der Waals surface area contributed by atoms with E-state index in [0.29, 0.717) is 38.6 Å². The molecule has 1 fully saturated rings. The number of carbonyl (C=O) groups is 1. The minimum Gasteiger partial charge on any atom is -0.456 e. The minimum atomic E-state index is -0.472. The molecule has 6 heteroatoms. The first-order valence-electron chi connectivity index (χ1n) is 7.44. The molecule has 1 aliphatic rings. The Morgan fingerprint density at radius 3 is 2.67 bits per heavy atom. The van der Waals surface area contributed by atoms with Crippen molar-refractivity contribution in [2.75, 3.05) is 45.9 Å². The van der Waals surface area contributed by atoms with Crippen molar-refractivity contribution in [2.45, 2.75) is 20.0 Å². The van der Waals surface area contributed by atoms with Crippen LogP contribution in [0.5, 0.6) is 0 Å². The van der Waals surface area contributed by atoms with Crippen LogP contribution in [0.4, 0.5) is 0 Å². The first-order valence-corrected chi connectivity index (χ1v) is 7.44. The van der Waals surface area contributed by atoms with Crippen LogP contribution in [0.15, 0.2) is 16.5 Å². The maximum atomic E-state index is 12.2. The lowest BCUT2D eigenvalue weighted by molar-refractivity contribution is 0.0107. The van der Waals surface area contributed by atoms with Gasteiger partial charge in [0.25, 0.3) is 5.91 Å². The van der Waals surface area contributed by atoms with Gasteiger partial charge in [-0.1, -0.05) is 0 Å². The summed E-state index contributed by atoms with van der Waals surface area (Å²) in [6, 6.07) is 3.52. The molecule has 1 saturated heterocycles. The van der Waals surface area contributed by atoms with Crippen LogP contribution in [-0.2, 0) is 4.74 Å². The van der Waals surface area contributed by atoms with E-state index in [1.54, 1.807) is 17.0 Å². The average molecular weight is 296 g/mol. The fourth-order valence-corrected chi connectivity index (χ4v) is 2.44. The standard InChI is InChI=1S/C15H24N2O4/c1-3-20-11-13(18)10-16-6-8-17(9-7-16)15(19)14-5-4-12(2)21-14/h4-5,13,18H,3,6-11H2,1-2H3/t13-/m0/s1. The van der Waals surface area contributed by atoms with Crippen molar-refractivity contribution in [3.63, 3.8) is 0 Å².